The third-order valence-electron chi connectivity index (χ3n) is 4.94. The second-order valence-electron chi connectivity index (χ2n) is 7.25. The van der Waals surface area contributed by atoms with E-state index in [-0.39, 0.29) is 17.7 Å². The van der Waals surface area contributed by atoms with Crippen molar-refractivity contribution >= 4 is 29.4 Å². The van der Waals surface area contributed by atoms with E-state index in [4.69, 9.17) is 0 Å². The number of hydrogen-bond donors (Lipinski definition) is 2. The van der Waals surface area contributed by atoms with Gasteiger partial charge >= 0.3 is 0 Å². The van der Waals surface area contributed by atoms with Gasteiger partial charge in [-0.15, -0.1) is 0 Å². The molecule has 148 valence electrons. The zero-order valence-corrected chi connectivity index (χ0v) is 16.8. The summed E-state index contributed by atoms with van der Waals surface area (Å²) in [6, 6.07) is 2.37. The molecule has 7 nitrogen and oxygen atoms in total. The first kappa shape index (κ1) is 19.9. The number of nitrogens with one attached hydrogen (secondary N) is 2. The van der Waals surface area contributed by atoms with Gasteiger partial charge in [0.05, 0.1) is 5.75 Å². The molecule has 1 aliphatic heterocycles. The average Bonchev–Trinajstić information content (AvgIpc) is 3.51. The average molecular weight is 392 g/mol. The van der Waals surface area contributed by atoms with Crippen LogP contribution < -0.4 is 15.5 Å². The quantitative estimate of drug-likeness (QED) is 0.380. The molecule has 0 aromatic carbocycles. The monoisotopic (exact) mass is 391 g/mol. The van der Waals surface area contributed by atoms with Crippen LogP contribution in [0.1, 0.15) is 45.4 Å². The Morgan fingerprint density at radius 3 is 2.70 bits per heavy atom. The number of rotatable bonds is 9. The lowest BCUT2D eigenvalue weighted by molar-refractivity contribution is -0.125. The van der Waals surface area contributed by atoms with Crippen molar-refractivity contribution in [2.24, 2.45) is 5.92 Å². The summed E-state index contributed by atoms with van der Waals surface area (Å²) in [5.74, 6) is 1.61. The van der Waals surface area contributed by atoms with E-state index in [1.54, 1.807) is 6.33 Å². The molecule has 1 aliphatic carbocycles. The minimum Gasteiger partial charge on any atom is -0.356 e. The summed E-state index contributed by atoms with van der Waals surface area (Å²) in [7, 11) is 0. The van der Waals surface area contributed by atoms with Crippen molar-refractivity contribution in [3.63, 3.8) is 0 Å². The SMILES string of the molecule is CCCCNC(=O)CSc1cc(N2CCC(C(=O)NC3CC3)CC2)ncn1. The Hall–Kier alpha value is -1.83. The highest BCUT2D eigenvalue weighted by Gasteiger charge is 2.30. The second kappa shape index (κ2) is 9.92. The van der Waals surface area contributed by atoms with Crippen LogP contribution in [0.3, 0.4) is 0 Å². The van der Waals surface area contributed by atoms with Crippen molar-refractivity contribution in [3.05, 3.63) is 12.4 Å². The van der Waals surface area contributed by atoms with Crippen LogP contribution in [0.25, 0.3) is 0 Å². The predicted molar refractivity (Wildman–Crippen MR) is 107 cm³/mol. The van der Waals surface area contributed by atoms with Crippen molar-refractivity contribution in [2.45, 2.75) is 56.5 Å². The van der Waals surface area contributed by atoms with Crippen molar-refractivity contribution in [1.82, 2.24) is 20.6 Å². The zero-order valence-electron chi connectivity index (χ0n) is 15.9. The van der Waals surface area contributed by atoms with Crippen LogP contribution >= 0.6 is 11.8 Å². The number of thioether (sulfide) groups is 1. The zero-order chi connectivity index (χ0) is 19.1. The number of piperidine rings is 1. The van der Waals surface area contributed by atoms with E-state index >= 15 is 0 Å². The lowest BCUT2D eigenvalue weighted by Gasteiger charge is -2.32. The molecule has 8 heteroatoms. The first-order valence-electron chi connectivity index (χ1n) is 9.92. The first-order chi connectivity index (χ1) is 13.2. The van der Waals surface area contributed by atoms with Gasteiger partial charge in [-0.1, -0.05) is 25.1 Å². The molecule has 0 atom stereocenters. The highest BCUT2D eigenvalue weighted by molar-refractivity contribution is 7.99. The summed E-state index contributed by atoms with van der Waals surface area (Å²) in [5.41, 5.74) is 0. The molecular formula is C19H29N5O2S. The second-order valence-corrected chi connectivity index (χ2v) is 8.25. The van der Waals surface area contributed by atoms with Gasteiger partial charge in [0.1, 0.15) is 17.2 Å². The van der Waals surface area contributed by atoms with Crippen molar-refractivity contribution < 1.29 is 9.59 Å². The fourth-order valence-electron chi connectivity index (χ4n) is 3.09. The van der Waals surface area contributed by atoms with Crippen LogP contribution in [-0.4, -0.2) is 53.2 Å². The first-order valence-corrected chi connectivity index (χ1v) is 10.9. The molecule has 0 radical (unpaired) electrons. The Bertz CT molecular complexity index is 645. The lowest BCUT2D eigenvalue weighted by Crippen LogP contribution is -2.41. The molecular weight excluding hydrogens is 362 g/mol. The van der Waals surface area contributed by atoms with E-state index in [1.165, 1.54) is 11.8 Å². The Labute approximate surface area is 165 Å². The summed E-state index contributed by atoms with van der Waals surface area (Å²) in [6.07, 6.45) is 7.59. The van der Waals surface area contributed by atoms with Crippen LogP contribution in [-0.2, 0) is 9.59 Å². The Morgan fingerprint density at radius 1 is 1.22 bits per heavy atom. The molecule has 0 unspecified atom stereocenters. The van der Waals surface area contributed by atoms with Gasteiger partial charge in [0, 0.05) is 37.7 Å². The summed E-state index contributed by atoms with van der Waals surface area (Å²) in [4.78, 5) is 34.9. The van der Waals surface area contributed by atoms with E-state index < -0.39 is 0 Å². The summed E-state index contributed by atoms with van der Waals surface area (Å²) >= 11 is 1.43. The number of carbonyl (C=O) groups is 2. The maximum Gasteiger partial charge on any atom is 0.230 e. The molecule has 2 aliphatic rings. The molecule has 2 heterocycles. The van der Waals surface area contributed by atoms with E-state index in [1.807, 2.05) is 6.07 Å². The maximum absolute atomic E-state index is 12.2. The lowest BCUT2D eigenvalue weighted by atomic mass is 9.96. The third-order valence-corrected chi connectivity index (χ3v) is 5.87. The molecule has 3 rings (SSSR count). The minimum absolute atomic E-state index is 0.0381. The molecule has 1 saturated heterocycles. The number of anilines is 1. The van der Waals surface area contributed by atoms with Crippen molar-refractivity contribution in [2.75, 3.05) is 30.3 Å². The smallest absolute Gasteiger partial charge is 0.230 e. The largest absolute Gasteiger partial charge is 0.356 e. The van der Waals surface area contributed by atoms with Crippen LogP contribution in [0.2, 0.25) is 0 Å². The van der Waals surface area contributed by atoms with Crippen LogP contribution in [0.5, 0.6) is 0 Å². The Morgan fingerprint density at radius 2 is 2.00 bits per heavy atom. The van der Waals surface area contributed by atoms with Gasteiger partial charge in [-0.05, 0) is 32.1 Å². The van der Waals surface area contributed by atoms with Gasteiger partial charge in [0.15, 0.2) is 0 Å². The number of unbranched alkanes of at least 4 members (excludes halogenated alkanes) is 1. The number of amides is 2. The molecule has 0 spiro atoms. The molecule has 1 aromatic heterocycles. The van der Waals surface area contributed by atoms with Crippen LogP contribution in [0.15, 0.2) is 17.4 Å². The number of aromatic nitrogens is 2. The van der Waals surface area contributed by atoms with Gasteiger partial charge in [-0.25, -0.2) is 9.97 Å². The summed E-state index contributed by atoms with van der Waals surface area (Å²) in [6.45, 7) is 4.47. The fourth-order valence-corrected chi connectivity index (χ4v) is 3.79. The minimum atomic E-state index is 0.0381. The van der Waals surface area contributed by atoms with Crippen molar-refractivity contribution in [3.8, 4) is 0 Å². The maximum atomic E-state index is 12.2. The van der Waals surface area contributed by atoms with Gasteiger partial charge < -0.3 is 15.5 Å². The van der Waals surface area contributed by atoms with Crippen LogP contribution in [0, 0.1) is 5.92 Å². The van der Waals surface area contributed by atoms with E-state index in [2.05, 4.69) is 32.4 Å². The highest BCUT2D eigenvalue weighted by atomic mass is 32.2. The van der Waals surface area contributed by atoms with Gasteiger partial charge in [-0.2, -0.15) is 0 Å². The highest BCUT2D eigenvalue weighted by Crippen LogP contribution is 2.26. The molecule has 0 bridgehead atoms. The third kappa shape index (κ3) is 6.37. The predicted octanol–water partition coefficient (Wildman–Crippen LogP) is 1.98. The van der Waals surface area contributed by atoms with E-state index in [9.17, 15) is 9.59 Å². The van der Waals surface area contributed by atoms with Crippen LogP contribution in [0.4, 0.5) is 5.82 Å². The fraction of sp³-hybridized carbons (Fsp3) is 0.684. The van der Waals surface area contributed by atoms with Gasteiger partial charge in [-0.3, -0.25) is 9.59 Å². The molecule has 27 heavy (non-hydrogen) atoms. The normalized spacial score (nSPS) is 17.6. The molecule has 2 N–H and O–H groups in total. The number of hydrogen-bond acceptors (Lipinski definition) is 6. The Kier molecular flexibility index (Phi) is 7.32. The van der Waals surface area contributed by atoms with Gasteiger partial charge in [0.25, 0.3) is 0 Å². The van der Waals surface area contributed by atoms with E-state index in [0.717, 1.165) is 69.0 Å². The molecule has 2 fully saturated rings. The molecule has 1 saturated carbocycles. The van der Waals surface area contributed by atoms with E-state index in [0.29, 0.717) is 11.8 Å². The molecule has 2 amide bonds. The number of nitrogens with zero attached hydrogens (tertiary/aromatic N) is 3. The summed E-state index contributed by atoms with van der Waals surface area (Å²) in [5, 5.41) is 6.83. The standard InChI is InChI=1S/C19H29N5O2S/c1-2-3-8-20-17(25)12-27-18-11-16(21-13-22-18)24-9-6-14(7-10-24)19(26)23-15-4-5-15/h11,13-15H,2-10,12H2,1H3,(H,20,25)(H,23,26). The number of carbonyl (C=O) groups excluding carboxylic acids is 2. The topological polar surface area (TPSA) is 87.2 Å². The van der Waals surface area contributed by atoms with Crippen molar-refractivity contribution in [1.29, 1.82) is 0 Å². The Balaban J connectivity index is 1.44. The summed E-state index contributed by atoms with van der Waals surface area (Å²) < 4.78 is 0. The molecule has 1 aromatic rings. The van der Waals surface area contributed by atoms with Gasteiger partial charge in [0.2, 0.25) is 11.8 Å².